The molecule has 68 valence electrons. The monoisotopic (exact) mass is 166 g/mol. The van der Waals surface area contributed by atoms with Crippen LogP contribution in [0, 0.1) is 12.3 Å². The summed E-state index contributed by atoms with van der Waals surface area (Å²) >= 11 is 0. The normalized spacial score (nSPS) is 23.9. The molecule has 1 fully saturated rings. The largest absolute Gasteiger partial charge is 0.316 e. The fourth-order valence-electron chi connectivity index (χ4n) is 2.18. The van der Waals surface area contributed by atoms with Gasteiger partial charge in [-0.25, -0.2) is 0 Å². The Balaban J connectivity index is 2.80. The summed E-state index contributed by atoms with van der Waals surface area (Å²) in [4.78, 5) is 2.20. The zero-order valence-electron chi connectivity index (χ0n) is 8.01. The van der Waals surface area contributed by atoms with Crippen LogP contribution in [0.1, 0.15) is 25.7 Å². The number of likely N-dealkylation sites (N-methyl/N-ethyl adjacent to an activating group) is 1. The standard InChI is InChI=1S/C10H18N2/c1-4-9(11)10(12(2)3)7-5-6-8-10/h1,9H,5-8,11H2,2-3H3. The lowest BCUT2D eigenvalue weighted by molar-refractivity contribution is 0.144. The molecule has 0 aromatic heterocycles. The molecular weight excluding hydrogens is 148 g/mol. The Morgan fingerprint density at radius 3 is 2.25 bits per heavy atom. The van der Waals surface area contributed by atoms with Gasteiger partial charge < -0.3 is 10.6 Å². The predicted molar refractivity (Wildman–Crippen MR) is 51.7 cm³/mol. The summed E-state index contributed by atoms with van der Waals surface area (Å²) in [5, 5.41) is 0. The van der Waals surface area contributed by atoms with E-state index in [4.69, 9.17) is 12.2 Å². The summed E-state index contributed by atoms with van der Waals surface area (Å²) in [6, 6.07) is -0.116. The summed E-state index contributed by atoms with van der Waals surface area (Å²) in [6.45, 7) is 0. The maximum absolute atomic E-state index is 5.94. The third kappa shape index (κ3) is 1.35. The third-order valence-corrected chi connectivity index (χ3v) is 3.12. The number of nitrogens with zero attached hydrogens (tertiary/aromatic N) is 1. The average molecular weight is 166 g/mol. The first kappa shape index (κ1) is 9.57. The van der Waals surface area contributed by atoms with Gasteiger partial charge in [0.2, 0.25) is 0 Å². The van der Waals surface area contributed by atoms with Crippen molar-refractivity contribution in [3.8, 4) is 12.3 Å². The molecule has 0 amide bonds. The molecule has 1 aliphatic carbocycles. The van der Waals surface area contributed by atoms with Gasteiger partial charge in [0.1, 0.15) is 0 Å². The molecule has 1 aliphatic rings. The molecule has 2 N–H and O–H groups in total. The summed E-state index contributed by atoms with van der Waals surface area (Å²) in [5.41, 5.74) is 6.01. The fraction of sp³-hybridized carbons (Fsp3) is 0.800. The quantitative estimate of drug-likeness (QED) is 0.615. The topological polar surface area (TPSA) is 29.3 Å². The van der Waals surface area contributed by atoms with Gasteiger partial charge in [-0.15, -0.1) is 6.42 Å². The lowest BCUT2D eigenvalue weighted by atomic mass is 9.88. The molecule has 0 radical (unpaired) electrons. The van der Waals surface area contributed by atoms with E-state index in [2.05, 4.69) is 24.9 Å². The Kier molecular flexibility index (Phi) is 2.76. The minimum atomic E-state index is -0.116. The number of hydrogen-bond acceptors (Lipinski definition) is 2. The third-order valence-electron chi connectivity index (χ3n) is 3.12. The highest BCUT2D eigenvalue weighted by molar-refractivity contribution is 5.13. The highest BCUT2D eigenvalue weighted by Gasteiger charge is 2.40. The van der Waals surface area contributed by atoms with Crippen molar-refractivity contribution in [3.63, 3.8) is 0 Å². The molecule has 0 bridgehead atoms. The summed E-state index contributed by atoms with van der Waals surface area (Å²) < 4.78 is 0. The first-order valence-electron chi connectivity index (χ1n) is 4.52. The average Bonchev–Trinajstić information content (AvgIpc) is 2.52. The van der Waals surface area contributed by atoms with E-state index in [1.54, 1.807) is 0 Å². The molecule has 1 saturated carbocycles. The van der Waals surface area contributed by atoms with Gasteiger partial charge in [0.25, 0.3) is 0 Å². The highest BCUT2D eigenvalue weighted by Crippen LogP contribution is 2.35. The van der Waals surface area contributed by atoms with E-state index < -0.39 is 0 Å². The van der Waals surface area contributed by atoms with Crippen molar-refractivity contribution in [1.29, 1.82) is 0 Å². The molecule has 0 aromatic carbocycles. The highest BCUT2D eigenvalue weighted by atomic mass is 15.2. The summed E-state index contributed by atoms with van der Waals surface area (Å²) in [7, 11) is 4.14. The van der Waals surface area contributed by atoms with Crippen LogP contribution in [0.2, 0.25) is 0 Å². The van der Waals surface area contributed by atoms with Crippen molar-refractivity contribution in [2.45, 2.75) is 37.3 Å². The fourth-order valence-corrected chi connectivity index (χ4v) is 2.18. The van der Waals surface area contributed by atoms with Crippen LogP contribution in [0.25, 0.3) is 0 Å². The van der Waals surface area contributed by atoms with E-state index in [0.29, 0.717) is 0 Å². The Hall–Kier alpha value is -0.520. The maximum atomic E-state index is 5.94. The molecule has 0 heterocycles. The number of hydrogen-bond donors (Lipinski definition) is 1. The SMILES string of the molecule is C#CC(N)C1(N(C)C)CCCC1. The van der Waals surface area contributed by atoms with Crippen molar-refractivity contribution >= 4 is 0 Å². The molecule has 1 unspecified atom stereocenters. The van der Waals surface area contributed by atoms with Gasteiger partial charge in [0.05, 0.1) is 6.04 Å². The molecule has 1 rings (SSSR count). The van der Waals surface area contributed by atoms with Crippen molar-refractivity contribution < 1.29 is 0 Å². The molecule has 0 aromatic rings. The molecule has 12 heavy (non-hydrogen) atoms. The molecule has 2 heteroatoms. The van der Waals surface area contributed by atoms with E-state index in [9.17, 15) is 0 Å². The zero-order valence-corrected chi connectivity index (χ0v) is 8.01. The van der Waals surface area contributed by atoms with E-state index in [-0.39, 0.29) is 11.6 Å². The molecule has 2 nitrogen and oxygen atoms in total. The molecule has 0 saturated heterocycles. The molecule has 1 atom stereocenters. The van der Waals surface area contributed by atoms with Crippen molar-refractivity contribution in [2.75, 3.05) is 14.1 Å². The lowest BCUT2D eigenvalue weighted by Crippen LogP contribution is -2.54. The Bertz CT molecular complexity index is 185. The van der Waals surface area contributed by atoms with Crippen molar-refractivity contribution in [3.05, 3.63) is 0 Å². The van der Waals surface area contributed by atoms with Gasteiger partial charge in [0, 0.05) is 5.54 Å². The Labute approximate surface area is 75.1 Å². The second kappa shape index (κ2) is 3.47. The van der Waals surface area contributed by atoms with Crippen LogP contribution in [-0.2, 0) is 0 Å². The van der Waals surface area contributed by atoms with Crippen LogP contribution >= 0.6 is 0 Å². The maximum Gasteiger partial charge on any atom is 0.0848 e. The van der Waals surface area contributed by atoms with Gasteiger partial charge in [0.15, 0.2) is 0 Å². The second-order valence-corrected chi connectivity index (χ2v) is 3.85. The smallest absolute Gasteiger partial charge is 0.0848 e. The van der Waals surface area contributed by atoms with Gasteiger partial charge in [-0.3, -0.25) is 0 Å². The van der Waals surface area contributed by atoms with Crippen molar-refractivity contribution in [2.24, 2.45) is 5.73 Å². The Morgan fingerprint density at radius 1 is 1.42 bits per heavy atom. The van der Waals surface area contributed by atoms with Gasteiger partial charge in [-0.2, -0.15) is 0 Å². The van der Waals surface area contributed by atoms with Crippen molar-refractivity contribution in [1.82, 2.24) is 4.90 Å². The van der Waals surface area contributed by atoms with E-state index in [0.717, 1.165) is 12.8 Å². The van der Waals surface area contributed by atoms with Gasteiger partial charge in [-0.1, -0.05) is 18.8 Å². The van der Waals surface area contributed by atoms with Gasteiger partial charge >= 0.3 is 0 Å². The number of terminal acetylenes is 1. The lowest BCUT2D eigenvalue weighted by Gasteiger charge is -2.39. The first-order chi connectivity index (χ1) is 5.63. The van der Waals surface area contributed by atoms with Gasteiger partial charge in [-0.05, 0) is 26.9 Å². The van der Waals surface area contributed by atoms with Crippen LogP contribution in [-0.4, -0.2) is 30.6 Å². The molecule has 0 aliphatic heterocycles. The van der Waals surface area contributed by atoms with Crippen LogP contribution < -0.4 is 5.73 Å². The molecule has 0 spiro atoms. The zero-order chi connectivity index (χ0) is 9.19. The number of nitrogens with two attached hydrogens (primary N) is 1. The summed E-state index contributed by atoms with van der Waals surface area (Å²) in [5.74, 6) is 2.67. The van der Waals surface area contributed by atoms with Crippen LogP contribution in [0.5, 0.6) is 0 Å². The minimum Gasteiger partial charge on any atom is -0.316 e. The summed E-state index contributed by atoms with van der Waals surface area (Å²) in [6.07, 6.45) is 10.2. The first-order valence-corrected chi connectivity index (χ1v) is 4.52. The second-order valence-electron chi connectivity index (χ2n) is 3.85. The number of rotatable bonds is 2. The minimum absolute atomic E-state index is 0.0781. The molecular formula is C10H18N2. The van der Waals surface area contributed by atoms with E-state index >= 15 is 0 Å². The van der Waals surface area contributed by atoms with Crippen LogP contribution in [0.4, 0.5) is 0 Å². The van der Waals surface area contributed by atoms with Crippen LogP contribution in [0.3, 0.4) is 0 Å². The van der Waals surface area contributed by atoms with E-state index in [1.807, 2.05) is 0 Å². The predicted octanol–water partition coefficient (Wildman–Crippen LogP) is 0.821. The van der Waals surface area contributed by atoms with Crippen LogP contribution in [0.15, 0.2) is 0 Å². The Morgan fingerprint density at radius 2 is 1.92 bits per heavy atom. The van der Waals surface area contributed by atoms with E-state index in [1.165, 1.54) is 12.8 Å².